The largest absolute Gasteiger partial charge is 0.353 e. The third-order valence-corrected chi connectivity index (χ3v) is 7.26. The van der Waals surface area contributed by atoms with Gasteiger partial charge in [-0.3, -0.25) is 9.69 Å². The van der Waals surface area contributed by atoms with Crippen molar-refractivity contribution in [2.75, 3.05) is 37.6 Å². The molecule has 1 aromatic heterocycles. The van der Waals surface area contributed by atoms with Crippen molar-refractivity contribution in [3.8, 4) is 0 Å². The highest BCUT2D eigenvalue weighted by atomic mass is 35.5. The van der Waals surface area contributed by atoms with Gasteiger partial charge in [0.1, 0.15) is 11.6 Å². The van der Waals surface area contributed by atoms with Crippen LogP contribution in [0.3, 0.4) is 0 Å². The Balaban J connectivity index is 1.18. The summed E-state index contributed by atoms with van der Waals surface area (Å²) in [4.78, 5) is 21.3. The Morgan fingerprint density at radius 3 is 2.62 bits per heavy atom. The monoisotopic (exact) mass is 422 g/mol. The number of nitrogens with zero attached hydrogens (tertiary/aromatic N) is 3. The lowest BCUT2D eigenvalue weighted by Crippen LogP contribution is -2.47. The first-order valence-electron chi connectivity index (χ1n) is 11.1. The van der Waals surface area contributed by atoms with Crippen LogP contribution in [-0.2, 0) is 4.79 Å². The SMILES string of the molecule is CCC1CCC(NC(=O)[C@H]2CC2CN2CCN(c3ncc(F)cc3Cl)CC2)CC1. The van der Waals surface area contributed by atoms with Crippen LogP contribution in [0, 0.1) is 23.6 Å². The third-order valence-electron chi connectivity index (χ3n) is 6.98. The molecule has 4 rings (SSSR count). The summed E-state index contributed by atoms with van der Waals surface area (Å²) in [6, 6.07) is 1.71. The highest BCUT2D eigenvalue weighted by molar-refractivity contribution is 6.32. The highest BCUT2D eigenvalue weighted by Gasteiger charge is 2.44. The van der Waals surface area contributed by atoms with E-state index >= 15 is 0 Å². The van der Waals surface area contributed by atoms with Crippen LogP contribution in [0.1, 0.15) is 45.4 Å². The maximum Gasteiger partial charge on any atom is 0.223 e. The molecule has 1 amide bonds. The van der Waals surface area contributed by atoms with Crippen molar-refractivity contribution in [1.82, 2.24) is 15.2 Å². The van der Waals surface area contributed by atoms with E-state index in [0.29, 0.717) is 22.8 Å². The summed E-state index contributed by atoms with van der Waals surface area (Å²) in [6.07, 6.45) is 8.30. The average molecular weight is 423 g/mol. The first kappa shape index (κ1) is 20.9. The number of nitrogens with one attached hydrogen (secondary N) is 1. The molecule has 0 aromatic carbocycles. The molecule has 1 N–H and O–H groups in total. The number of pyridine rings is 1. The normalized spacial score (nSPS) is 30.2. The van der Waals surface area contributed by atoms with E-state index in [9.17, 15) is 9.18 Å². The van der Waals surface area contributed by atoms with Gasteiger partial charge in [-0.2, -0.15) is 0 Å². The summed E-state index contributed by atoms with van der Waals surface area (Å²) < 4.78 is 13.2. The molecule has 2 atom stereocenters. The molecular weight excluding hydrogens is 391 g/mol. The van der Waals surface area contributed by atoms with Gasteiger partial charge < -0.3 is 10.2 Å². The van der Waals surface area contributed by atoms with Gasteiger partial charge in [0.25, 0.3) is 0 Å². The molecule has 2 saturated carbocycles. The van der Waals surface area contributed by atoms with Crippen molar-refractivity contribution < 1.29 is 9.18 Å². The average Bonchev–Trinajstić information content (AvgIpc) is 3.49. The molecule has 5 nitrogen and oxygen atoms in total. The maximum atomic E-state index is 13.2. The zero-order valence-electron chi connectivity index (χ0n) is 17.2. The zero-order chi connectivity index (χ0) is 20.4. The minimum Gasteiger partial charge on any atom is -0.353 e. The number of halogens is 2. The molecule has 2 heterocycles. The van der Waals surface area contributed by atoms with Crippen molar-refractivity contribution in [3.63, 3.8) is 0 Å². The molecule has 160 valence electrons. The molecule has 0 radical (unpaired) electrons. The standard InChI is InChI=1S/C22H32ClFN4O/c1-2-15-3-5-18(6-4-15)26-22(29)19-11-16(19)14-27-7-9-28(10-8-27)21-20(23)12-17(24)13-25-21/h12-13,15-16,18-19H,2-11,14H2,1H3,(H,26,29)/t15?,16?,18?,19-/m0/s1. The van der Waals surface area contributed by atoms with Crippen molar-refractivity contribution in [2.24, 2.45) is 17.8 Å². The summed E-state index contributed by atoms with van der Waals surface area (Å²) in [5, 5.41) is 3.68. The van der Waals surface area contributed by atoms with Crippen LogP contribution >= 0.6 is 11.6 Å². The van der Waals surface area contributed by atoms with E-state index < -0.39 is 5.82 Å². The molecule has 3 aliphatic rings. The van der Waals surface area contributed by atoms with Gasteiger partial charge >= 0.3 is 0 Å². The molecule has 1 aromatic rings. The summed E-state index contributed by atoms with van der Waals surface area (Å²) >= 11 is 6.14. The number of amides is 1. The fourth-order valence-corrected chi connectivity index (χ4v) is 5.18. The lowest BCUT2D eigenvalue weighted by Gasteiger charge is -2.35. The lowest BCUT2D eigenvalue weighted by molar-refractivity contribution is -0.123. The second kappa shape index (κ2) is 9.17. The van der Waals surface area contributed by atoms with Crippen molar-refractivity contribution in [3.05, 3.63) is 23.1 Å². The van der Waals surface area contributed by atoms with Gasteiger partial charge in [0.15, 0.2) is 0 Å². The van der Waals surface area contributed by atoms with E-state index in [4.69, 9.17) is 11.6 Å². The quantitative estimate of drug-likeness (QED) is 0.759. The van der Waals surface area contributed by atoms with Gasteiger partial charge in [-0.05, 0) is 50.0 Å². The molecular formula is C22H32ClFN4O. The van der Waals surface area contributed by atoms with Crippen LogP contribution in [0.4, 0.5) is 10.2 Å². The predicted octanol–water partition coefficient (Wildman–Crippen LogP) is 3.72. The Labute approximate surface area is 178 Å². The smallest absolute Gasteiger partial charge is 0.223 e. The molecule has 1 aliphatic heterocycles. The summed E-state index contributed by atoms with van der Waals surface area (Å²) in [5.41, 5.74) is 0. The first-order valence-corrected chi connectivity index (χ1v) is 11.5. The zero-order valence-corrected chi connectivity index (χ0v) is 18.0. The Morgan fingerprint density at radius 2 is 1.97 bits per heavy atom. The lowest BCUT2D eigenvalue weighted by atomic mass is 9.84. The Bertz CT molecular complexity index is 717. The number of anilines is 1. The molecule has 1 saturated heterocycles. The highest BCUT2D eigenvalue weighted by Crippen LogP contribution is 2.40. The minimum absolute atomic E-state index is 0.199. The van der Waals surface area contributed by atoms with Crippen LogP contribution in [0.2, 0.25) is 5.02 Å². The van der Waals surface area contributed by atoms with Crippen LogP contribution < -0.4 is 10.2 Å². The topological polar surface area (TPSA) is 48.5 Å². The number of hydrogen-bond donors (Lipinski definition) is 1. The molecule has 3 fully saturated rings. The molecule has 7 heteroatoms. The van der Waals surface area contributed by atoms with E-state index in [2.05, 4.69) is 27.0 Å². The van der Waals surface area contributed by atoms with Gasteiger partial charge in [-0.1, -0.05) is 24.9 Å². The fourth-order valence-electron chi connectivity index (χ4n) is 4.91. The number of piperazine rings is 1. The fraction of sp³-hybridized carbons (Fsp3) is 0.727. The summed E-state index contributed by atoms with van der Waals surface area (Å²) in [6.45, 7) is 6.73. The second-order valence-corrected chi connectivity index (χ2v) is 9.39. The van der Waals surface area contributed by atoms with E-state index in [0.717, 1.165) is 57.9 Å². The number of carbonyl (C=O) groups excluding carboxylic acids is 1. The van der Waals surface area contributed by atoms with Crippen LogP contribution in [-0.4, -0.2) is 54.6 Å². The Hall–Kier alpha value is -1.40. The summed E-state index contributed by atoms with van der Waals surface area (Å²) in [7, 11) is 0. The van der Waals surface area contributed by atoms with E-state index in [-0.39, 0.29) is 11.8 Å². The molecule has 0 bridgehead atoms. The van der Waals surface area contributed by atoms with E-state index in [1.54, 1.807) is 0 Å². The number of aromatic nitrogens is 1. The van der Waals surface area contributed by atoms with Gasteiger partial charge in [-0.15, -0.1) is 0 Å². The number of carbonyl (C=O) groups is 1. The molecule has 29 heavy (non-hydrogen) atoms. The van der Waals surface area contributed by atoms with Crippen LogP contribution in [0.15, 0.2) is 12.3 Å². The molecule has 2 aliphatic carbocycles. The van der Waals surface area contributed by atoms with Gasteiger partial charge in [0.2, 0.25) is 5.91 Å². The first-order chi connectivity index (χ1) is 14.0. The maximum absolute atomic E-state index is 13.2. The minimum atomic E-state index is -0.408. The molecule has 0 spiro atoms. The van der Waals surface area contributed by atoms with Crippen LogP contribution in [0.25, 0.3) is 0 Å². The van der Waals surface area contributed by atoms with E-state index in [1.807, 2.05) is 0 Å². The Morgan fingerprint density at radius 1 is 1.24 bits per heavy atom. The third kappa shape index (κ3) is 5.21. The van der Waals surface area contributed by atoms with Gasteiger partial charge in [0.05, 0.1) is 11.2 Å². The second-order valence-electron chi connectivity index (χ2n) is 8.98. The van der Waals surface area contributed by atoms with Crippen LogP contribution in [0.5, 0.6) is 0 Å². The summed E-state index contributed by atoms with van der Waals surface area (Å²) in [5.74, 6) is 2.07. The van der Waals surface area contributed by atoms with Crippen molar-refractivity contribution >= 4 is 23.3 Å². The van der Waals surface area contributed by atoms with Crippen molar-refractivity contribution in [1.29, 1.82) is 0 Å². The van der Waals surface area contributed by atoms with E-state index in [1.165, 1.54) is 31.5 Å². The molecule has 1 unspecified atom stereocenters. The van der Waals surface area contributed by atoms with Gasteiger partial charge in [-0.25, -0.2) is 9.37 Å². The number of rotatable bonds is 6. The number of hydrogen-bond acceptors (Lipinski definition) is 4. The Kier molecular flexibility index (Phi) is 6.60. The van der Waals surface area contributed by atoms with Crippen molar-refractivity contribution in [2.45, 2.75) is 51.5 Å². The predicted molar refractivity (Wildman–Crippen MR) is 114 cm³/mol. The van der Waals surface area contributed by atoms with Gasteiger partial charge in [0, 0.05) is 44.7 Å².